The Kier molecular flexibility index (Phi) is 8.09. The second kappa shape index (κ2) is 11.6. The van der Waals surface area contributed by atoms with Crippen LogP contribution in [-0.2, 0) is 24.4 Å². The number of nitrogens with zero attached hydrogens (tertiary/aromatic N) is 2. The van der Waals surface area contributed by atoms with Crippen LogP contribution in [-0.4, -0.2) is 41.9 Å². The minimum atomic E-state index is -0.350. The van der Waals surface area contributed by atoms with Gasteiger partial charge in [-0.25, -0.2) is 4.39 Å². The van der Waals surface area contributed by atoms with Crippen LogP contribution in [0.15, 0.2) is 76.1 Å². The minimum absolute atomic E-state index is 0.0854. The third-order valence-corrected chi connectivity index (χ3v) is 5.93. The van der Waals surface area contributed by atoms with Crippen molar-refractivity contribution in [2.24, 2.45) is 0 Å². The molecule has 6 nitrogen and oxygen atoms in total. The molecule has 34 heavy (non-hydrogen) atoms. The fourth-order valence-electron chi connectivity index (χ4n) is 4.07. The van der Waals surface area contributed by atoms with Crippen molar-refractivity contribution in [1.29, 1.82) is 0 Å². The lowest BCUT2D eigenvalue weighted by Crippen LogP contribution is -2.35. The molecular formula is C27H29FN2O4. The second-order valence-corrected chi connectivity index (χ2v) is 8.49. The van der Waals surface area contributed by atoms with Gasteiger partial charge in [-0.2, -0.15) is 0 Å². The smallest absolute Gasteiger partial charge is 0.227 e. The summed E-state index contributed by atoms with van der Waals surface area (Å²) in [5, 5.41) is 0. The molecule has 1 aliphatic rings. The van der Waals surface area contributed by atoms with E-state index in [4.69, 9.17) is 9.15 Å². The Morgan fingerprint density at radius 2 is 1.79 bits per heavy atom. The molecule has 0 N–H and O–H groups in total. The molecule has 0 radical (unpaired) electrons. The highest BCUT2D eigenvalue weighted by Crippen LogP contribution is 2.14. The van der Waals surface area contributed by atoms with Gasteiger partial charge < -0.3 is 14.1 Å². The SMILES string of the molecule is O=C(CCc1ccccc1)N1CCCN(Cc2cc(=O)c(OCc3cccc(F)c3)co2)CC1. The van der Waals surface area contributed by atoms with Crippen LogP contribution in [0, 0.1) is 5.82 Å². The van der Waals surface area contributed by atoms with E-state index in [0.29, 0.717) is 30.8 Å². The van der Waals surface area contributed by atoms with Crippen molar-refractivity contribution in [3.63, 3.8) is 0 Å². The summed E-state index contributed by atoms with van der Waals surface area (Å²) in [5.41, 5.74) is 1.53. The average Bonchev–Trinajstić information content (AvgIpc) is 3.08. The number of benzene rings is 2. The Balaban J connectivity index is 1.26. The molecule has 0 aliphatic carbocycles. The van der Waals surface area contributed by atoms with Crippen molar-refractivity contribution in [2.45, 2.75) is 32.4 Å². The average molecular weight is 465 g/mol. The number of ether oxygens (including phenoxy) is 1. The van der Waals surface area contributed by atoms with E-state index in [9.17, 15) is 14.0 Å². The molecule has 7 heteroatoms. The summed E-state index contributed by atoms with van der Waals surface area (Å²) in [6.07, 6.45) is 3.44. The van der Waals surface area contributed by atoms with E-state index >= 15 is 0 Å². The molecule has 4 rings (SSSR count). The Morgan fingerprint density at radius 3 is 2.59 bits per heavy atom. The van der Waals surface area contributed by atoms with Crippen LogP contribution >= 0.6 is 0 Å². The molecule has 0 spiro atoms. The van der Waals surface area contributed by atoms with Gasteiger partial charge in [0.2, 0.25) is 17.1 Å². The van der Waals surface area contributed by atoms with E-state index in [1.807, 2.05) is 35.2 Å². The van der Waals surface area contributed by atoms with Crippen LogP contribution in [0.5, 0.6) is 5.75 Å². The van der Waals surface area contributed by atoms with Crippen LogP contribution in [0.1, 0.15) is 29.7 Å². The largest absolute Gasteiger partial charge is 0.482 e. The van der Waals surface area contributed by atoms with Gasteiger partial charge in [0, 0.05) is 38.7 Å². The van der Waals surface area contributed by atoms with Crippen molar-refractivity contribution in [1.82, 2.24) is 9.80 Å². The van der Waals surface area contributed by atoms with Crippen LogP contribution in [0.25, 0.3) is 0 Å². The van der Waals surface area contributed by atoms with Crippen molar-refractivity contribution < 1.29 is 18.3 Å². The van der Waals surface area contributed by atoms with Crippen molar-refractivity contribution in [2.75, 3.05) is 26.2 Å². The van der Waals surface area contributed by atoms with Crippen LogP contribution < -0.4 is 10.2 Å². The molecule has 3 aromatic rings. The van der Waals surface area contributed by atoms with E-state index < -0.39 is 0 Å². The Morgan fingerprint density at radius 1 is 0.971 bits per heavy atom. The second-order valence-electron chi connectivity index (χ2n) is 8.49. The predicted molar refractivity (Wildman–Crippen MR) is 127 cm³/mol. The Bertz CT molecular complexity index is 1150. The number of carbonyl (C=O) groups is 1. The maximum Gasteiger partial charge on any atom is 0.227 e. The van der Waals surface area contributed by atoms with E-state index in [1.165, 1.54) is 30.0 Å². The van der Waals surface area contributed by atoms with Crippen LogP contribution in [0.4, 0.5) is 4.39 Å². The molecule has 1 amide bonds. The number of rotatable bonds is 8. The van der Waals surface area contributed by atoms with Crippen molar-refractivity contribution >= 4 is 5.91 Å². The number of halogens is 1. The van der Waals surface area contributed by atoms with Gasteiger partial charge in [-0.1, -0.05) is 42.5 Å². The van der Waals surface area contributed by atoms with Gasteiger partial charge in [-0.15, -0.1) is 0 Å². The molecule has 2 heterocycles. The predicted octanol–water partition coefficient (Wildman–Crippen LogP) is 4.03. The Hall–Kier alpha value is -3.45. The maximum absolute atomic E-state index is 13.3. The molecule has 1 aliphatic heterocycles. The van der Waals surface area contributed by atoms with Gasteiger partial charge in [0.05, 0.1) is 6.54 Å². The van der Waals surface area contributed by atoms with Crippen molar-refractivity contribution in [3.05, 3.63) is 99.9 Å². The first-order valence-electron chi connectivity index (χ1n) is 11.6. The molecular weight excluding hydrogens is 435 g/mol. The zero-order chi connectivity index (χ0) is 23.8. The lowest BCUT2D eigenvalue weighted by molar-refractivity contribution is -0.131. The zero-order valence-corrected chi connectivity index (χ0v) is 19.1. The summed E-state index contributed by atoms with van der Waals surface area (Å²) >= 11 is 0. The lowest BCUT2D eigenvalue weighted by atomic mass is 10.1. The molecule has 0 bridgehead atoms. The number of amides is 1. The molecule has 0 saturated carbocycles. The summed E-state index contributed by atoms with van der Waals surface area (Å²) in [6.45, 7) is 3.52. The molecule has 1 saturated heterocycles. The molecule has 0 atom stereocenters. The standard InChI is InChI=1S/C27H29FN2O4/c28-23-9-4-8-22(16-23)19-34-26-20-33-24(17-25(26)31)18-29-12-5-13-30(15-14-29)27(32)11-10-21-6-2-1-3-7-21/h1-4,6-9,16-17,20H,5,10-15,18-19H2. The van der Waals surface area contributed by atoms with Crippen LogP contribution in [0.2, 0.25) is 0 Å². The molecule has 0 unspecified atom stereocenters. The van der Waals surface area contributed by atoms with Gasteiger partial charge in [-0.3, -0.25) is 14.5 Å². The van der Waals surface area contributed by atoms with Gasteiger partial charge in [0.1, 0.15) is 24.4 Å². The number of carbonyl (C=O) groups excluding carboxylic acids is 1. The topological polar surface area (TPSA) is 63.0 Å². The van der Waals surface area contributed by atoms with E-state index in [0.717, 1.165) is 32.5 Å². The van der Waals surface area contributed by atoms with E-state index in [2.05, 4.69) is 4.90 Å². The van der Waals surface area contributed by atoms with Crippen LogP contribution in [0.3, 0.4) is 0 Å². The van der Waals surface area contributed by atoms with Gasteiger partial charge >= 0.3 is 0 Å². The lowest BCUT2D eigenvalue weighted by Gasteiger charge is -2.21. The Labute approximate surface area is 198 Å². The molecule has 2 aromatic carbocycles. The fourth-order valence-corrected chi connectivity index (χ4v) is 4.07. The van der Waals surface area contributed by atoms with E-state index in [1.54, 1.807) is 12.1 Å². The normalized spacial score (nSPS) is 14.6. The van der Waals surface area contributed by atoms with Gasteiger partial charge in [0.25, 0.3) is 0 Å². The van der Waals surface area contributed by atoms with Gasteiger partial charge in [0.15, 0.2) is 0 Å². The third-order valence-electron chi connectivity index (χ3n) is 5.93. The molecule has 1 aromatic heterocycles. The summed E-state index contributed by atoms with van der Waals surface area (Å²) < 4.78 is 24.4. The van der Waals surface area contributed by atoms with E-state index in [-0.39, 0.29) is 29.5 Å². The number of aryl methyl sites for hydroxylation is 1. The highest BCUT2D eigenvalue weighted by molar-refractivity contribution is 5.76. The summed E-state index contributed by atoms with van der Waals surface area (Å²) in [6, 6.07) is 17.5. The number of hydrogen-bond donors (Lipinski definition) is 0. The zero-order valence-electron chi connectivity index (χ0n) is 19.1. The number of hydrogen-bond acceptors (Lipinski definition) is 5. The minimum Gasteiger partial charge on any atom is -0.482 e. The third kappa shape index (κ3) is 6.78. The molecule has 1 fully saturated rings. The first-order chi connectivity index (χ1) is 16.6. The van der Waals surface area contributed by atoms with Gasteiger partial charge in [-0.05, 0) is 36.1 Å². The summed E-state index contributed by atoms with van der Waals surface area (Å²) in [5.74, 6) is 0.473. The fraction of sp³-hybridized carbons (Fsp3) is 0.333. The first kappa shape index (κ1) is 23.7. The summed E-state index contributed by atoms with van der Waals surface area (Å²) in [7, 11) is 0. The highest BCUT2D eigenvalue weighted by Gasteiger charge is 2.20. The maximum atomic E-state index is 13.3. The monoisotopic (exact) mass is 464 g/mol. The quantitative estimate of drug-likeness (QED) is 0.504. The highest BCUT2D eigenvalue weighted by atomic mass is 19.1. The molecule has 178 valence electrons. The summed E-state index contributed by atoms with van der Waals surface area (Å²) in [4.78, 5) is 29.2. The first-order valence-corrected chi connectivity index (χ1v) is 11.6. The van der Waals surface area contributed by atoms with Crippen molar-refractivity contribution in [3.8, 4) is 5.75 Å².